The average molecular weight is 443 g/mol. The standard InChI is InChI=1S/C16H10ClF7N4O/c17-13-10(15(19,20)21)3-8(4-11(13)16(22,23)24)14-25-7-28(26-14)2-1-12(29)27-5-9(18)6-27/h1-4,7,9H,5-6H2. The van der Waals surface area contributed by atoms with Crippen LogP contribution in [0.25, 0.3) is 17.6 Å². The zero-order valence-corrected chi connectivity index (χ0v) is 14.9. The van der Waals surface area contributed by atoms with Gasteiger partial charge in [-0.05, 0) is 12.1 Å². The van der Waals surface area contributed by atoms with Crippen molar-refractivity contribution >= 4 is 23.7 Å². The molecule has 0 spiro atoms. The second-order valence-corrected chi connectivity index (χ2v) is 6.46. The second-order valence-electron chi connectivity index (χ2n) is 6.09. The number of aromatic nitrogens is 3. The topological polar surface area (TPSA) is 51.0 Å². The predicted molar refractivity (Wildman–Crippen MR) is 87.3 cm³/mol. The van der Waals surface area contributed by atoms with Crippen molar-refractivity contribution in [2.24, 2.45) is 0 Å². The Balaban J connectivity index is 1.92. The van der Waals surface area contributed by atoms with Crippen LogP contribution in [0.4, 0.5) is 30.7 Å². The largest absolute Gasteiger partial charge is 0.417 e. The Bertz CT molecular complexity index is 926. The molecule has 5 nitrogen and oxygen atoms in total. The zero-order valence-electron chi connectivity index (χ0n) is 14.1. The van der Waals surface area contributed by atoms with Gasteiger partial charge in [-0.3, -0.25) is 4.79 Å². The van der Waals surface area contributed by atoms with Crippen LogP contribution in [-0.2, 0) is 17.1 Å². The molecule has 1 saturated heterocycles. The summed E-state index contributed by atoms with van der Waals surface area (Å²) in [4.78, 5) is 16.6. The van der Waals surface area contributed by atoms with Gasteiger partial charge in [-0.15, -0.1) is 5.10 Å². The van der Waals surface area contributed by atoms with Gasteiger partial charge >= 0.3 is 12.4 Å². The molecule has 1 aromatic carbocycles. The number of benzene rings is 1. The Morgan fingerprint density at radius 1 is 1.10 bits per heavy atom. The summed E-state index contributed by atoms with van der Waals surface area (Å²) in [6.45, 7) is -0.117. The molecule has 0 N–H and O–H groups in total. The predicted octanol–water partition coefficient (Wildman–Crippen LogP) is 4.29. The molecule has 3 rings (SSSR count). The summed E-state index contributed by atoms with van der Waals surface area (Å²) in [7, 11) is 0. The lowest BCUT2D eigenvalue weighted by atomic mass is 10.0. The summed E-state index contributed by atoms with van der Waals surface area (Å²) in [6.07, 6.45) is -8.26. The molecule has 29 heavy (non-hydrogen) atoms. The summed E-state index contributed by atoms with van der Waals surface area (Å²) in [5, 5.41) is 2.27. The summed E-state index contributed by atoms with van der Waals surface area (Å²) in [6, 6.07) is 0.821. The van der Waals surface area contributed by atoms with Gasteiger partial charge in [0.25, 0.3) is 0 Å². The van der Waals surface area contributed by atoms with E-state index in [1.54, 1.807) is 0 Å². The fourth-order valence-corrected chi connectivity index (χ4v) is 2.82. The van der Waals surface area contributed by atoms with Crippen molar-refractivity contribution in [3.05, 3.63) is 40.7 Å². The lowest BCUT2D eigenvalue weighted by molar-refractivity contribution is -0.142. The Morgan fingerprint density at radius 3 is 2.14 bits per heavy atom. The molecule has 0 atom stereocenters. The highest BCUT2D eigenvalue weighted by Crippen LogP contribution is 2.44. The van der Waals surface area contributed by atoms with Gasteiger partial charge in [0.15, 0.2) is 5.82 Å². The number of carbonyl (C=O) groups is 1. The van der Waals surface area contributed by atoms with Crippen molar-refractivity contribution in [3.8, 4) is 11.4 Å². The molecule has 1 aliphatic heterocycles. The fraction of sp³-hybridized carbons (Fsp3) is 0.312. The molecular weight excluding hydrogens is 433 g/mol. The number of carbonyl (C=O) groups excluding carboxylic acids is 1. The van der Waals surface area contributed by atoms with Crippen LogP contribution in [0, 0.1) is 0 Å². The second kappa shape index (κ2) is 7.32. The van der Waals surface area contributed by atoms with E-state index in [9.17, 15) is 35.5 Å². The Hall–Kier alpha value is -2.63. The van der Waals surface area contributed by atoms with Gasteiger partial charge in [0.2, 0.25) is 5.91 Å². The molecule has 1 amide bonds. The molecule has 1 fully saturated rings. The van der Waals surface area contributed by atoms with Crippen LogP contribution in [0.1, 0.15) is 11.1 Å². The van der Waals surface area contributed by atoms with Gasteiger partial charge in [0.05, 0.1) is 29.2 Å². The fourth-order valence-electron chi connectivity index (χ4n) is 2.50. The number of amides is 1. The maximum absolute atomic E-state index is 13.1. The molecule has 2 aromatic rings. The van der Waals surface area contributed by atoms with Gasteiger partial charge in [-0.2, -0.15) is 26.3 Å². The van der Waals surface area contributed by atoms with Crippen LogP contribution in [0.15, 0.2) is 24.5 Å². The van der Waals surface area contributed by atoms with E-state index >= 15 is 0 Å². The smallest absolute Gasteiger partial charge is 0.333 e. The molecule has 0 unspecified atom stereocenters. The monoisotopic (exact) mass is 442 g/mol. The quantitative estimate of drug-likeness (QED) is 0.526. The molecular formula is C16H10ClF7N4O. The van der Waals surface area contributed by atoms with Crippen molar-refractivity contribution in [2.45, 2.75) is 18.5 Å². The van der Waals surface area contributed by atoms with Gasteiger partial charge in [-0.1, -0.05) is 11.6 Å². The number of hydrogen-bond donors (Lipinski definition) is 0. The Kier molecular flexibility index (Phi) is 5.32. The number of nitrogens with zero attached hydrogens (tertiary/aromatic N) is 4. The van der Waals surface area contributed by atoms with Gasteiger partial charge in [-0.25, -0.2) is 14.1 Å². The SMILES string of the molecule is O=C(C=Cn1cnc(-c2cc(C(F)(F)F)c(Cl)c(C(F)(F)F)c2)n1)N1CC(F)C1. The lowest BCUT2D eigenvalue weighted by Crippen LogP contribution is -2.50. The molecule has 2 heterocycles. The van der Waals surface area contributed by atoms with Crippen LogP contribution < -0.4 is 0 Å². The number of rotatable bonds is 3. The molecule has 0 aliphatic carbocycles. The van der Waals surface area contributed by atoms with E-state index in [1.165, 1.54) is 4.90 Å². The van der Waals surface area contributed by atoms with Crippen molar-refractivity contribution < 1.29 is 35.5 Å². The third-order valence-corrected chi connectivity index (χ3v) is 4.38. The summed E-state index contributed by atoms with van der Waals surface area (Å²) in [5.41, 5.74) is -3.91. The number of likely N-dealkylation sites (tertiary alicyclic amines) is 1. The summed E-state index contributed by atoms with van der Waals surface area (Å²) < 4.78 is 92.2. The van der Waals surface area contributed by atoms with Crippen molar-refractivity contribution in [2.75, 3.05) is 13.1 Å². The zero-order chi connectivity index (χ0) is 21.6. The van der Waals surface area contributed by atoms with E-state index < -0.39 is 52.0 Å². The first-order valence-electron chi connectivity index (χ1n) is 7.87. The summed E-state index contributed by atoms with van der Waals surface area (Å²) in [5.74, 6) is -0.969. The van der Waals surface area contributed by atoms with E-state index in [0.717, 1.165) is 23.3 Å². The summed E-state index contributed by atoms with van der Waals surface area (Å²) >= 11 is 5.32. The normalized spacial score (nSPS) is 15.8. The maximum Gasteiger partial charge on any atom is 0.417 e. The van der Waals surface area contributed by atoms with Crippen LogP contribution in [-0.4, -0.2) is 44.8 Å². The van der Waals surface area contributed by atoms with Crippen molar-refractivity contribution in [3.63, 3.8) is 0 Å². The number of alkyl halides is 7. The van der Waals surface area contributed by atoms with E-state index in [-0.39, 0.29) is 13.1 Å². The Labute approximate surface area is 163 Å². The highest BCUT2D eigenvalue weighted by atomic mass is 35.5. The van der Waals surface area contributed by atoms with Gasteiger partial charge in [0.1, 0.15) is 12.5 Å². The third kappa shape index (κ3) is 4.52. The van der Waals surface area contributed by atoms with Crippen molar-refractivity contribution in [1.82, 2.24) is 19.7 Å². The molecule has 1 aliphatic rings. The number of halogens is 8. The molecule has 0 saturated carbocycles. The number of hydrogen-bond acceptors (Lipinski definition) is 3. The first-order valence-corrected chi connectivity index (χ1v) is 8.24. The molecule has 156 valence electrons. The van der Waals surface area contributed by atoms with E-state index in [4.69, 9.17) is 11.6 Å². The van der Waals surface area contributed by atoms with E-state index in [2.05, 4.69) is 10.1 Å². The van der Waals surface area contributed by atoms with Crippen LogP contribution >= 0.6 is 11.6 Å². The van der Waals surface area contributed by atoms with E-state index in [1.807, 2.05) is 0 Å². The molecule has 0 bridgehead atoms. The van der Waals surface area contributed by atoms with Crippen LogP contribution in [0.2, 0.25) is 5.02 Å². The maximum atomic E-state index is 13.1. The van der Waals surface area contributed by atoms with Crippen LogP contribution in [0.5, 0.6) is 0 Å². The third-order valence-electron chi connectivity index (χ3n) is 3.97. The first-order chi connectivity index (χ1) is 13.4. The molecule has 0 radical (unpaired) electrons. The Morgan fingerprint density at radius 2 is 1.66 bits per heavy atom. The minimum atomic E-state index is -5.13. The highest BCUT2D eigenvalue weighted by molar-refractivity contribution is 6.32. The lowest BCUT2D eigenvalue weighted by Gasteiger charge is -2.33. The average Bonchev–Trinajstić information content (AvgIpc) is 3.04. The first kappa shape index (κ1) is 21.1. The van der Waals surface area contributed by atoms with Crippen molar-refractivity contribution in [1.29, 1.82) is 0 Å². The minimum absolute atomic E-state index is 0.0585. The van der Waals surface area contributed by atoms with E-state index in [0.29, 0.717) is 12.1 Å². The highest BCUT2D eigenvalue weighted by Gasteiger charge is 2.41. The minimum Gasteiger partial charge on any atom is -0.333 e. The molecule has 1 aromatic heterocycles. The van der Waals surface area contributed by atoms with Gasteiger partial charge < -0.3 is 4.90 Å². The van der Waals surface area contributed by atoms with Gasteiger partial charge in [0, 0.05) is 17.8 Å². The van der Waals surface area contributed by atoms with Crippen LogP contribution in [0.3, 0.4) is 0 Å². The molecule has 13 heteroatoms.